The Morgan fingerprint density at radius 2 is 1.74 bits per heavy atom. The molecule has 2 rings (SSSR count). The van der Waals surface area contributed by atoms with Crippen LogP contribution in [0.4, 0.5) is 5.69 Å². The predicted molar refractivity (Wildman–Crippen MR) is 157 cm³/mol. The molecule has 0 aliphatic rings. The van der Waals surface area contributed by atoms with Crippen molar-refractivity contribution in [1.29, 1.82) is 0 Å². The van der Waals surface area contributed by atoms with Crippen molar-refractivity contribution in [1.82, 2.24) is 10.2 Å². The number of nitrogens with zero attached hydrogens (tertiary/aromatic N) is 2. The first kappa shape index (κ1) is 32.2. The maximum Gasteiger partial charge on any atom is 0.242 e. The molecule has 1 atom stereocenters. The molecule has 2 amide bonds. The summed E-state index contributed by atoms with van der Waals surface area (Å²) in [7, 11) is -3.63. The number of amides is 2. The van der Waals surface area contributed by atoms with E-state index < -0.39 is 16.1 Å². The number of carbonyl (C=O) groups excluding carboxylic acids is 2. The third-order valence-corrected chi connectivity index (χ3v) is 8.26. The highest BCUT2D eigenvalue weighted by atomic mass is 35.5. The average Bonchev–Trinajstić information content (AvgIpc) is 2.83. The van der Waals surface area contributed by atoms with Gasteiger partial charge in [0.05, 0.1) is 11.9 Å². The van der Waals surface area contributed by atoms with Crippen molar-refractivity contribution in [2.24, 2.45) is 5.92 Å². The summed E-state index contributed by atoms with van der Waals surface area (Å²) in [5, 5.41) is 4.24. The minimum Gasteiger partial charge on any atom is -0.354 e. The van der Waals surface area contributed by atoms with E-state index in [0.717, 1.165) is 6.26 Å². The predicted octanol–water partition coefficient (Wildman–Crippen LogP) is 6.08. The second kappa shape index (κ2) is 14.4. The molecule has 2 aromatic rings. The van der Waals surface area contributed by atoms with Crippen molar-refractivity contribution in [3.05, 3.63) is 62.6 Å². The lowest BCUT2D eigenvalue weighted by molar-refractivity contribution is -0.141. The molecular weight excluding hydrogens is 569 g/mol. The molecule has 0 fully saturated rings. The molecule has 2 aromatic carbocycles. The van der Waals surface area contributed by atoms with Crippen molar-refractivity contribution >= 4 is 62.3 Å². The van der Waals surface area contributed by atoms with Crippen LogP contribution in [0, 0.1) is 12.8 Å². The van der Waals surface area contributed by atoms with E-state index >= 15 is 0 Å². The van der Waals surface area contributed by atoms with E-state index in [1.165, 1.54) is 9.21 Å². The second-order valence-corrected chi connectivity index (χ2v) is 12.8. The number of sulfonamides is 1. The molecule has 7 nitrogen and oxygen atoms in total. The van der Waals surface area contributed by atoms with Crippen LogP contribution in [0.1, 0.15) is 51.2 Å². The third-order valence-electron chi connectivity index (χ3n) is 6.09. The van der Waals surface area contributed by atoms with Crippen molar-refractivity contribution in [3.8, 4) is 0 Å². The number of hydrogen-bond acceptors (Lipinski definition) is 4. The number of benzene rings is 2. The highest BCUT2D eigenvalue weighted by Crippen LogP contribution is 2.29. The van der Waals surface area contributed by atoms with Crippen LogP contribution in [0.2, 0.25) is 15.1 Å². The summed E-state index contributed by atoms with van der Waals surface area (Å²) in [6, 6.07) is 9.37. The molecule has 0 bridgehead atoms. The number of carbonyl (C=O) groups is 2. The van der Waals surface area contributed by atoms with Gasteiger partial charge in [-0.25, -0.2) is 8.42 Å². The van der Waals surface area contributed by atoms with E-state index in [1.54, 1.807) is 43.3 Å². The quantitative estimate of drug-likeness (QED) is 0.300. The molecule has 0 saturated carbocycles. The van der Waals surface area contributed by atoms with Crippen molar-refractivity contribution in [2.75, 3.05) is 23.7 Å². The molecule has 11 heteroatoms. The van der Waals surface area contributed by atoms with Gasteiger partial charge in [0.1, 0.15) is 6.04 Å². The number of anilines is 1. The first-order valence-electron chi connectivity index (χ1n) is 12.5. The van der Waals surface area contributed by atoms with E-state index in [0.29, 0.717) is 44.8 Å². The molecular formula is C27H36Cl3N3O4S. The van der Waals surface area contributed by atoms with Crippen molar-refractivity contribution < 1.29 is 18.0 Å². The molecule has 0 heterocycles. The first-order valence-corrected chi connectivity index (χ1v) is 15.5. The second-order valence-electron chi connectivity index (χ2n) is 9.64. The molecule has 0 aromatic heterocycles. The van der Waals surface area contributed by atoms with Crippen LogP contribution in [0.15, 0.2) is 36.4 Å². The van der Waals surface area contributed by atoms with Gasteiger partial charge in [0.2, 0.25) is 21.8 Å². The Kier molecular flexibility index (Phi) is 12.2. The Labute approximate surface area is 241 Å². The molecule has 38 heavy (non-hydrogen) atoms. The van der Waals surface area contributed by atoms with E-state index in [1.807, 2.05) is 20.8 Å². The fraction of sp³-hybridized carbons (Fsp3) is 0.481. The van der Waals surface area contributed by atoms with Crippen molar-refractivity contribution in [2.45, 2.75) is 59.5 Å². The van der Waals surface area contributed by atoms with Gasteiger partial charge in [-0.05, 0) is 61.1 Å². The lowest BCUT2D eigenvalue weighted by Crippen LogP contribution is -2.49. The molecule has 0 saturated heterocycles. The summed E-state index contributed by atoms with van der Waals surface area (Å²) in [5.74, 6) is -0.269. The Hall–Kier alpha value is -2.00. The molecule has 210 valence electrons. The Bertz CT molecular complexity index is 1240. The van der Waals surface area contributed by atoms with Gasteiger partial charge in [-0.2, -0.15) is 0 Å². The lowest BCUT2D eigenvalue weighted by Gasteiger charge is -2.31. The van der Waals surface area contributed by atoms with Crippen LogP contribution in [0.5, 0.6) is 0 Å². The number of nitrogens with one attached hydrogen (secondary N) is 1. The van der Waals surface area contributed by atoms with Crippen LogP contribution < -0.4 is 9.62 Å². The SMILES string of the molecule is CC[C@H](C(=O)NCC(C)C)N(Cc1ccc(Cl)cc1Cl)C(=O)CCCN(c1cccc(Cl)c1C)S(C)(=O)=O. The van der Waals surface area contributed by atoms with Gasteiger partial charge in [-0.1, -0.05) is 67.7 Å². The van der Waals surface area contributed by atoms with Gasteiger partial charge in [0.25, 0.3) is 0 Å². The zero-order valence-electron chi connectivity index (χ0n) is 22.4. The summed E-state index contributed by atoms with van der Waals surface area (Å²) in [6.45, 7) is 8.27. The van der Waals surface area contributed by atoms with Crippen LogP contribution in [0.25, 0.3) is 0 Å². The number of halogens is 3. The zero-order chi connectivity index (χ0) is 28.6. The summed E-state index contributed by atoms with van der Waals surface area (Å²) in [6.07, 6.45) is 1.80. The zero-order valence-corrected chi connectivity index (χ0v) is 25.5. The van der Waals surface area contributed by atoms with Gasteiger partial charge in [0.15, 0.2) is 0 Å². The molecule has 0 aliphatic heterocycles. The van der Waals surface area contributed by atoms with Crippen LogP contribution >= 0.6 is 34.8 Å². The number of hydrogen-bond donors (Lipinski definition) is 1. The van der Waals surface area contributed by atoms with E-state index in [-0.39, 0.29) is 43.7 Å². The molecule has 0 aliphatic carbocycles. The van der Waals surface area contributed by atoms with Gasteiger partial charge >= 0.3 is 0 Å². The Morgan fingerprint density at radius 3 is 2.32 bits per heavy atom. The standard InChI is InChI=1S/C27H36Cl3N3O4S/c1-6-24(27(35)31-16-18(2)3)32(17-20-12-13-21(28)15-23(20)30)26(34)11-8-14-33(38(5,36)37)25-10-7-9-22(29)19(25)4/h7,9-10,12-13,15,18,24H,6,8,11,14,16-17H2,1-5H3,(H,31,35)/t24-/m1/s1. The molecule has 1 N–H and O–H groups in total. The van der Waals surface area contributed by atoms with Gasteiger partial charge in [0, 0.05) is 41.1 Å². The number of rotatable bonds is 13. The minimum atomic E-state index is -3.63. The lowest BCUT2D eigenvalue weighted by atomic mass is 10.1. The first-order chi connectivity index (χ1) is 17.8. The van der Waals surface area contributed by atoms with Gasteiger partial charge in [-0.3, -0.25) is 13.9 Å². The average molecular weight is 605 g/mol. The summed E-state index contributed by atoms with van der Waals surface area (Å²) < 4.78 is 26.4. The summed E-state index contributed by atoms with van der Waals surface area (Å²) in [5.41, 5.74) is 1.77. The van der Waals surface area contributed by atoms with Crippen LogP contribution in [-0.4, -0.2) is 50.5 Å². The van der Waals surface area contributed by atoms with Gasteiger partial charge in [-0.15, -0.1) is 0 Å². The maximum absolute atomic E-state index is 13.5. The van der Waals surface area contributed by atoms with E-state index in [9.17, 15) is 18.0 Å². The van der Waals surface area contributed by atoms with Crippen molar-refractivity contribution in [3.63, 3.8) is 0 Å². The summed E-state index contributed by atoms with van der Waals surface area (Å²) in [4.78, 5) is 28.1. The highest BCUT2D eigenvalue weighted by molar-refractivity contribution is 7.92. The fourth-order valence-corrected chi connectivity index (χ4v) is 5.68. The Balaban J connectivity index is 2.28. The monoisotopic (exact) mass is 603 g/mol. The van der Waals surface area contributed by atoms with Crippen LogP contribution in [0.3, 0.4) is 0 Å². The van der Waals surface area contributed by atoms with E-state index in [4.69, 9.17) is 34.8 Å². The van der Waals surface area contributed by atoms with Crippen LogP contribution in [-0.2, 0) is 26.2 Å². The highest BCUT2D eigenvalue weighted by Gasteiger charge is 2.29. The molecule has 0 spiro atoms. The third kappa shape index (κ3) is 9.04. The molecule has 0 unspecified atom stereocenters. The Morgan fingerprint density at radius 1 is 1.05 bits per heavy atom. The normalized spacial score (nSPS) is 12.3. The minimum absolute atomic E-state index is 0.0325. The van der Waals surface area contributed by atoms with Gasteiger partial charge < -0.3 is 10.2 Å². The molecule has 0 radical (unpaired) electrons. The summed E-state index contributed by atoms with van der Waals surface area (Å²) >= 11 is 18.7. The van der Waals surface area contributed by atoms with E-state index in [2.05, 4.69) is 5.32 Å². The fourth-order valence-electron chi connectivity index (χ4n) is 4.02. The topological polar surface area (TPSA) is 86.8 Å². The smallest absolute Gasteiger partial charge is 0.242 e. The maximum atomic E-state index is 13.5. The largest absolute Gasteiger partial charge is 0.354 e.